The number of carbonyl (C=O) groups is 2. The summed E-state index contributed by atoms with van der Waals surface area (Å²) in [7, 11) is 0. The van der Waals surface area contributed by atoms with E-state index >= 15 is 0 Å². The van der Waals surface area contributed by atoms with Gasteiger partial charge in [-0.15, -0.1) is 0 Å². The maximum absolute atomic E-state index is 12.0. The summed E-state index contributed by atoms with van der Waals surface area (Å²) in [4.78, 5) is 24.1. The van der Waals surface area contributed by atoms with Gasteiger partial charge in [-0.25, -0.2) is 0 Å². The van der Waals surface area contributed by atoms with Crippen LogP contribution in [0.15, 0.2) is 18.2 Å². The van der Waals surface area contributed by atoms with Crippen molar-refractivity contribution >= 4 is 23.3 Å². The van der Waals surface area contributed by atoms with Crippen LogP contribution >= 0.6 is 0 Å². The Labute approximate surface area is 104 Å². The Morgan fingerprint density at radius 3 is 2.83 bits per heavy atom. The molecule has 1 aromatic carbocycles. The van der Waals surface area contributed by atoms with Crippen molar-refractivity contribution in [1.29, 1.82) is 0 Å². The lowest BCUT2D eigenvalue weighted by Crippen LogP contribution is -2.28. The number of carbonyl (C=O) groups excluding carboxylic acids is 1. The van der Waals surface area contributed by atoms with E-state index in [1.807, 2.05) is 0 Å². The molecule has 0 saturated carbocycles. The maximum Gasteiger partial charge on any atom is 0.304 e. The van der Waals surface area contributed by atoms with Crippen LogP contribution in [-0.4, -0.2) is 28.6 Å². The monoisotopic (exact) mass is 250 g/mol. The summed E-state index contributed by atoms with van der Waals surface area (Å²) < 4.78 is 0. The molecule has 4 N–H and O–H groups in total. The fraction of sp³-hybridized carbons (Fsp3) is 0.333. The molecule has 0 aliphatic carbocycles. The van der Waals surface area contributed by atoms with Crippen LogP contribution in [0.1, 0.15) is 12.8 Å². The van der Waals surface area contributed by atoms with Gasteiger partial charge in [0.05, 0.1) is 23.7 Å². The third-order valence-electron chi connectivity index (χ3n) is 3.04. The Balaban J connectivity index is 2.20. The van der Waals surface area contributed by atoms with E-state index in [0.717, 1.165) is 0 Å². The Morgan fingerprint density at radius 1 is 1.50 bits per heavy atom. The second-order valence-corrected chi connectivity index (χ2v) is 4.32. The topological polar surface area (TPSA) is 104 Å². The van der Waals surface area contributed by atoms with E-state index in [1.54, 1.807) is 6.07 Å². The zero-order valence-corrected chi connectivity index (χ0v) is 9.67. The highest BCUT2D eigenvalue weighted by atomic mass is 16.4. The van der Waals surface area contributed by atoms with E-state index in [2.05, 4.69) is 0 Å². The highest BCUT2D eigenvalue weighted by Gasteiger charge is 2.34. The van der Waals surface area contributed by atoms with Crippen LogP contribution in [0.5, 0.6) is 5.75 Å². The van der Waals surface area contributed by atoms with Crippen LogP contribution in [0.3, 0.4) is 0 Å². The lowest BCUT2D eigenvalue weighted by molar-refractivity contribution is -0.140. The van der Waals surface area contributed by atoms with Crippen LogP contribution in [0.4, 0.5) is 11.4 Å². The van der Waals surface area contributed by atoms with Crippen molar-refractivity contribution in [3.8, 4) is 5.75 Å². The average Bonchev–Trinajstić information content (AvgIpc) is 2.60. The molecule has 1 aliphatic heterocycles. The van der Waals surface area contributed by atoms with Crippen molar-refractivity contribution in [2.24, 2.45) is 5.92 Å². The number of hydrogen-bond donors (Lipinski definition) is 3. The summed E-state index contributed by atoms with van der Waals surface area (Å²) in [6.45, 7) is 0.450. The van der Waals surface area contributed by atoms with Crippen LogP contribution in [0.2, 0.25) is 0 Å². The van der Waals surface area contributed by atoms with E-state index in [1.165, 1.54) is 17.0 Å². The molecule has 1 aliphatic rings. The van der Waals surface area contributed by atoms with Gasteiger partial charge < -0.3 is 20.8 Å². The number of amides is 1. The Bertz CT molecular complexity index is 501. The molecule has 96 valence electrons. The number of anilines is 2. The predicted octanol–water partition coefficient (Wildman–Crippen LogP) is 0.802. The largest absolute Gasteiger partial charge is 0.508 e. The van der Waals surface area contributed by atoms with Gasteiger partial charge in [0.1, 0.15) is 5.75 Å². The van der Waals surface area contributed by atoms with Crippen LogP contribution in [0.25, 0.3) is 0 Å². The molecular weight excluding hydrogens is 236 g/mol. The number of rotatable bonds is 3. The molecule has 0 bridgehead atoms. The standard InChI is InChI=1S/C12H14N2O4/c13-9-6-8(15)1-2-10(9)14-4-3-7(12(14)18)5-11(16)17/h1-2,6-7,15H,3-5,13H2,(H,16,17). The normalized spacial score (nSPS) is 19.2. The fourth-order valence-corrected chi connectivity index (χ4v) is 2.17. The minimum atomic E-state index is -0.978. The molecule has 6 nitrogen and oxygen atoms in total. The van der Waals surface area contributed by atoms with Gasteiger partial charge in [-0.05, 0) is 18.6 Å². The highest BCUT2D eigenvalue weighted by Crippen LogP contribution is 2.32. The van der Waals surface area contributed by atoms with Crippen molar-refractivity contribution in [3.05, 3.63) is 18.2 Å². The summed E-state index contributed by atoms with van der Waals surface area (Å²) in [6.07, 6.45) is 0.346. The van der Waals surface area contributed by atoms with E-state index in [9.17, 15) is 14.7 Å². The minimum absolute atomic E-state index is 0.0324. The number of nitrogens with zero attached hydrogens (tertiary/aromatic N) is 1. The zero-order valence-electron chi connectivity index (χ0n) is 9.67. The van der Waals surface area contributed by atoms with E-state index in [-0.39, 0.29) is 18.1 Å². The number of nitrogens with two attached hydrogens (primary N) is 1. The zero-order chi connectivity index (χ0) is 13.3. The summed E-state index contributed by atoms with van der Waals surface area (Å²) in [5, 5.41) is 18.0. The quantitative estimate of drug-likeness (QED) is 0.688. The van der Waals surface area contributed by atoms with Gasteiger partial charge in [0.15, 0.2) is 0 Å². The molecule has 18 heavy (non-hydrogen) atoms. The summed E-state index contributed by atoms with van der Waals surface area (Å²) >= 11 is 0. The SMILES string of the molecule is Nc1cc(O)ccc1N1CCC(CC(=O)O)C1=O. The van der Waals surface area contributed by atoms with Gasteiger partial charge >= 0.3 is 5.97 Å². The van der Waals surface area contributed by atoms with Crippen molar-refractivity contribution in [1.82, 2.24) is 0 Å². The van der Waals surface area contributed by atoms with Gasteiger partial charge in [0.2, 0.25) is 5.91 Å². The van der Waals surface area contributed by atoms with Gasteiger partial charge in [-0.2, -0.15) is 0 Å². The van der Waals surface area contributed by atoms with Crippen molar-refractivity contribution in [2.75, 3.05) is 17.2 Å². The molecule has 1 fully saturated rings. The maximum atomic E-state index is 12.0. The van der Waals surface area contributed by atoms with E-state index < -0.39 is 11.9 Å². The molecule has 6 heteroatoms. The number of phenols is 1. The van der Waals surface area contributed by atoms with Crippen molar-refractivity contribution in [3.63, 3.8) is 0 Å². The molecule has 0 radical (unpaired) electrons. The number of benzene rings is 1. The number of aliphatic carboxylic acids is 1. The van der Waals surface area contributed by atoms with Crippen molar-refractivity contribution in [2.45, 2.75) is 12.8 Å². The molecule has 1 heterocycles. The Hall–Kier alpha value is -2.24. The second kappa shape index (κ2) is 4.56. The van der Waals surface area contributed by atoms with Gasteiger partial charge in [-0.1, -0.05) is 0 Å². The minimum Gasteiger partial charge on any atom is -0.508 e. The second-order valence-electron chi connectivity index (χ2n) is 4.32. The average molecular weight is 250 g/mol. The van der Waals surface area contributed by atoms with E-state index in [4.69, 9.17) is 10.8 Å². The van der Waals surface area contributed by atoms with Crippen molar-refractivity contribution < 1.29 is 19.8 Å². The van der Waals surface area contributed by atoms with Crippen LogP contribution in [0, 0.1) is 5.92 Å². The molecule has 1 saturated heterocycles. The molecule has 0 aromatic heterocycles. The van der Waals surface area contributed by atoms with E-state index in [0.29, 0.717) is 24.3 Å². The number of carboxylic acid groups (broad SMARTS) is 1. The molecular formula is C12H14N2O4. The number of phenolic OH excluding ortho intramolecular Hbond substituents is 1. The third-order valence-corrected chi connectivity index (χ3v) is 3.04. The third kappa shape index (κ3) is 2.22. The van der Waals surface area contributed by atoms with Crippen LogP contribution < -0.4 is 10.6 Å². The first-order chi connectivity index (χ1) is 8.49. The predicted molar refractivity (Wildman–Crippen MR) is 65.2 cm³/mol. The number of aromatic hydroxyl groups is 1. The molecule has 1 aromatic rings. The molecule has 0 spiro atoms. The first-order valence-corrected chi connectivity index (χ1v) is 5.60. The summed E-state index contributed by atoms with van der Waals surface area (Å²) in [5.41, 5.74) is 6.56. The lowest BCUT2D eigenvalue weighted by atomic mass is 10.0. The Kier molecular flexibility index (Phi) is 3.10. The van der Waals surface area contributed by atoms with Gasteiger partial charge in [0.25, 0.3) is 0 Å². The number of hydrogen-bond acceptors (Lipinski definition) is 4. The molecule has 1 atom stereocenters. The first kappa shape index (κ1) is 12.2. The Morgan fingerprint density at radius 2 is 2.22 bits per heavy atom. The molecule has 1 unspecified atom stereocenters. The smallest absolute Gasteiger partial charge is 0.304 e. The summed E-state index contributed by atoms with van der Waals surface area (Å²) in [6, 6.07) is 4.38. The summed E-state index contributed by atoms with van der Waals surface area (Å²) in [5.74, 6) is -1.66. The fourth-order valence-electron chi connectivity index (χ4n) is 2.17. The van der Waals surface area contributed by atoms with Gasteiger partial charge in [-0.3, -0.25) is 9.59 Å². The number of nitrogen functional groups attached to an aromatic ring is 1. The highest BCUT2D eigenvalue weighted by molar-refractivity contribution is 6.01. The molecule has 1 amide bonds. The van der Waals surface area contributed by atoms with Crippen LogP contribution in [-0.2, 0) is 9.59 Å². The molecule has 2 rings (SSSR count). The lowest BCUT2D eigenvalue weighted by Gasteiger charge is -2.18. The number of carboxylic acids is 1. The van der Waals surface area contributed by atoms with Gasteiger partial charge in [0, 0.05) is 12.6 Å². The first-order valence-electron chi connectivity index (χ1n) is 5.60.